The van der Waals surface area contributed by atoms with Gasteiger partial charge in [0.1, 0.15) is 6.29 Å². The van der Waals surface area contributed by atoms with E-state index in [4.69, 9.17) is 27.3 Å². The molecule has 0 amide bonds. The van der Waals surface area contributed by atoms with E-state index in [1.54, 1.807) is 0 Å². The van der Waals surface area contributed by atoms with E-state index in [-0.39, 0.29) is 5.02 Å². The third-order valence-corrected chi connectivity index (χ3v) is 4.76. The van der Waals surface area contributed by atoms with Crippen LogP contribution in [0.5, 0.6) is 0 Å². The predicted molar refractivity (Wildman–Crippen MR) is 146 cm³/mol. The molecule has 0 fully saturated rings. The van der Waals surface area contributed by atoms with E-state index in [2.05, 4.69) is 27.7 Å². The molecule has 1 aromatic carbocycles. The van der Waals surface area contributed by atoms with E-state index >= 15 is 0 Å². The van der Waals surface area contributed by atoms with Crippen molar-refractivity contribution < 1.29 is 23.2 Å². The summed E-state index contributed by atoms with van der Waals surface area (Å²) < 4.78 is 36.8. The van der Waals surface area contributed by atoms with E-state index in [0.29, 0.717) is 5.56 Å². The molecule has 0 radical (unpaired) electrons. The van der Waals surface area contributed by atoms with Gasteiger partial charge in [-0.25, -0.2) is 0 Å². The second-order valence-corrected chi connectivity index (χ2v) is 8.76. The van der Waals surface area contributed by atoms with Crippen molar-refractivity contribution in [3.63, 3.8) is 0 Å². The van der Waals surface area contributed by atoms with Crippen LogP contribution in [0.4, 0.5) is 18.9 Å². The number of nitrogens with zero attached hydrogens (tertiary/aromatic N) is 1. The first kappa shape index (κ1) is 40.8. The number of rotatable bonds is 8. The molecule has 0 bridgehead atoms. The fourth-order valence-electron chi connectivity index (χ4n) is 2.66. The summed E-state index contributed by atoms with van der Waals surface area (Å²) in [6.07, 6.45) is 2.91. The summed E-state index contributed by atoms with van der Waals surface area (Å²) in [5, 5.41) is 9.93. The Kier molecular flexibility index (Phi) is 30.1. The number of nitrogen functional groups attached to an aromatic ring is 1. The highest BCUT2D eigenvalue weighted by Gasteiger charge is 2.33. The van der Waals surface area contributed by atoms with Gasteiger partial charge in [-0.15, -0.1) is 0 Å². The normalized spacial score (nSPS) is 11.0. The second kappa shape index (κ2) is 25.8. The lowest BCUT2D eigenvalue weighted by molar-refractivity contribution is -0.137. The summed E-state index contributed by atoms with van der Waals surface area (Å²) in [6, 6.07) is 2.37. The van der Waals surface area contributed by atoms with E-state index in [1.807, 2.05) is 27.7 Å². The van der Waals surface area contributed by atoms with E-state index in [1.165, 1.54) is 50.7 Å². The van der Waals surface area contributed by atoms with Crippen LogP contribution in [0, 0.1) is 18.8 Å². The maximum Gasteiger partial charge on any atom is 0.418 e. The number of alkyl halides is 3. The standard InChI is InChI=1S/C10H22.C8H7ClF3N.C5H13NO.C2H4O.C2H6/c1-5-6-10(4)8-7-9(2)3;1-4-2-5(8(10,11)12)7(13)6(9)3-4;1-3-5-6(7)4-2;1-2-3;1-2/h9-10H,5-8H2,1-4H3;2-3H,13H2,1H3;7H,3-5H2,1-2H3;2H,1H3;1-2H3. The molecule has 1 aromatic rings. The average Bonchev–Trinajstić information content (AvgIpc) is 2.77. The molecule has 0 saturated heterocycles. The highest BCUT2D eigenvalue weighted by atomic mass is 35.5. The van der Waals surface area contributed by atoms with Crippen LogP contribution in [-0.4, -0.2) is 29.6 Å². The number of aldehydes is 1. The van der Waals surface area contributed by atoms with Gasteiger partial charge in [-0.2, -0.15) is 18.2 Å². The molecule has 0 aromatic heterocycles. The largest absolute Gasteiger partial charge is 0.418 e. The van der Waals surface area contributed by atoms with Crippen molar-refractivity contribution in [1.82, 2.24) is 5.06 Å². The number of hydrogen-bond acceptors (Lipinski definition) is 4. The Morgan fingerprint density at radius 3 is 1.86 bits per heavy atom. The minimum Gasteiger partial charge on any atom is -0.397 e. The lowest BCUT2D eigenvalue weighted by atomic mass is 9.96. The van der Waals surface area contributed by atoms with Gasteiger partial charge in [-0.1, -0.05) is 92.7 Å². The molecule has 0 aliphatic rings. The summed E-state index contributed by atoms with van der Waals surface area (Å²) in [7, 11) is 0. The Bertz CT molecular complexity index is 613. The number of anilines is 1. The van der Waals surface area contributed by atoms with E-state index in [0.717, 1.165) is 43.7 Å². The van der Waals surface area contributed by atoms with E-state index in [9.17, 15) is 13.2 Å². The Hall–Kier alpha value is -1.31. The van der Waals surface area contributed by atoms with Crippen molar-refractivity contribution in [1.29, 1.82) is 0 Å². The Morgan fingerprint density at radius 2 is 1.54 bits per heavy atom. The smallest absolute Gasteiger partial charge is 0.397 e. The number of hydrogen-bond donors (Lipinski definition) is 2. The first-order chi connectivity index (χ1) is 16.2. The number of halogens is 4. The third kappa shape index (κ3) is 27.1. The first-order valence-corrected chi connectivity index (χ1v) is 13.1. The molecular formula is C27H52ClF3N2O2. The van der Waals surface area contributed by atoms with Gasteiger partial charge < -0.3 is 15.7 Å². The number of carbonyl (C=O) groups excluding carboxylic acids is 1. The summed E-state index contributed by atoms with van der Waals surface area (Å²) in [4.78, 5) is 8.81. The molecule has 0 saturated carbocycles. The van der Waals surface area contributed by atoms with Crippen LogP contribution in [0.1, 0.15) is 106 Å². The molecule has 3 N–H and O–H groups in total. The van der Waals surface area contributed by atoms with Gasteiger partial charge in [-0.05, 0) is 49.8 Å². The minimum atomic E-state index is -4.44. The van der Waals surface area contributed by atoms with E-state index < -0.39 is 17.4 Å². The van der Waals surface area contributed by atoms with Crippen LogP contribution in [0.25, 0.3) is 0 Å². The molecule has 35 heavy (non-hydrogen) atoms. The molecule has 1 rings (SSSR count). The Morgan fingerprint density at radius 1 is 1.06 bits per heavy atom. The summed E-state index contributed by atoms with van der Waals surface area (Å²) in [5.74, 6) is 1.84. The predicted octanol–water partition coefficient (Wildman–Crippen LogP) is 9.45. The van der Waals surface area contributed by atoms with Crippen molar-refractivity contribution in [3.05, 3.63) is 28.3 Å². The van der Waals surface area contributed by atoms with Crippen molar-refractivity contribution in [2.24, 2.45) is 11.8 Å². The molecule has 8 heteroatoms. The van der Waals surface area contributed by atoms with Crippen LogP contribution in [0.15, 0.2) is 12.1 Å². The summed E-state index contributed by atoms with van der Waals surface area (Å²) >= 11 is 5.50. The Balaban J connectivity index is -0.000000195. The molecule has 1 atom stereocenters. The highest BCUT2D eigenvalue weighted by molar-refractivity contribution is 6.33. The zero-order valence-corrected chi connectivity index (χ0v) is 24.5. The van der Waals surface area contributed by atoms with Crippen molar-refractivity contribution in [2.75, 3.05) is 18.8 Å². The monoisotopic (exact) mass is 528 g/mol. The quantitative estimate of drug-likeness (QED) is 0.200. The topological polar surface area (TPSA) is 66.6 Å². The van der Waals surface area contributed by atoms with Gasteiger partial charge in [0.2, 0.25) is 0 Å². The lowest BCUT2D eigenvalue weighted by Crippen LogP contribution is -2.18. The molecule has 0 aliphatic heterocycles. The van der Waals surface area contributed by atoms with Gasteiger partial charge in [0, 0.05) is 13.1 Å². The summed E-state index contributed by atoms with van der Waals surface area (Å²) in [6.45, 7) is 21.7. The number of aryl methyl sites for hydroxylation is 1. The minimum absolute atomic E-state index is 0.0627. The summed E-state index contributed by atoms with van der Waals surface area (Å²) in [5.41, 5.74) is 4.33. The molecule has 1 unspecified atom stereocenters. The second-order valence-electron chi connectivity index (χ2n) is 8.35. The van der Waals surface area contributed by atoms with Gasteiger partial charge in [0.15, 0.2) is 0 Å². The average molecular weight is 529 g/mol. The van der Waals surface area contributed by atoms with Crippen LogP contribution < -0.4 is 5.73 Å². The maximum atomic E-state index is 12.3. The Labute approximate surface area is 218 Å². The molecule has 4 nitrogen and oxygen atoms in total. The van der Waals surface area contributed by atoms with Crippen molar-refractivity contribution >= 4 is 23.6 Å². The van der Waals surface area contributed by atoms with Crippen LogP contribution in [0.3, 0.4) is 0 Å². The fourth-order valence-corrected chi connectivity index (χ4v) is 2.93. The first-order valence-electron chi connectivity index (χ1n) is 12.7. The van der Waals surface area contributed by atoms with Crippen molar-refractivity contribution in [2.45, 2.75) is 108 Å². The van der Waals surface area contributed by atoms with Crippen LogP contribution in [-0.2, 0) is 11.0 Å². The molecule has 0 spiro atoms. The van der Waals surface area contributed by atoms with Gasteiger partial charge >= 0.3 is 6.18 Å². The fraction of sp³-hybridized carbons (Fsp3) is 0.741. The van der Waals surface area contributed by atoms with Crippen LogP contribution >= 0.6 is 11.6 Å². The number of carbonyl (C=O) groups is 1. The van der Waals surface area contributed by atoms with Crippen molar-refractivity contribution in [3.8, 4) is 0 Å². The lowest BCUT2D eigenvalue weighted by Gasteiger charge is -2.11. The van der Waals surface area contributed by atoms with Gasteiger partial charge in [-0.3, -0.25) is 0 Å². The SMILES string of the molecule is CC.CC=O.CCCC(C)CCC(C)C.CCCN(O)CC.Cc1cc(Cl)c(N)c(C(F)(F)F)c1. The van der Waals surface area contributed by atoms with Gasteiger partial charge in [0.05, 0.1) is 16.3 Å². The highest BCUT2D eigenvalue weighted by Crippen LogP contribution is 2.37. The van der Waals surface area contributed by atoms with Crippen LogP contribution in [0.2, 0.25) is 5.02 Å². The molecular weight excluding hydrogens is 477 g/mol. The zero-order chi connectivity index (χ0) is 28.6. The number of benzene rings is 1. The maximum absolute atomic E-state index is 12.3. The molecule has 0 heterocycles. The molecule has 210 valence electrons. The zero-order valence-electron chi connectivity index (χ0n) is 23.7. The number of hydroxylamine groups is 2. The number of nitrogens with two attached hydrogens (primary N) is 1. The van der Waals surface area contributed by atoms with Gasteiger partial charge in [0.25, 0.3) is 0 Å². The molecule has 0 aliphatic carbocycles. The third-order valence-electron chi connectivity index (χ3n) is 4.44.